The van der Waals surface area contributed by atoms with E-state index in [1.165, 1.54) is 35.6 Å². The molecular weight excluding hydrogens is 357 g/mol. The highest BCUT2D eigenvalue weighted by atomic mass is 32.1. The van der Waals surface area contributed by atoms with Gasteiger partial charge in [-0.15, -0.1) is 10.2 Å². The number of nitrogens with one attached hydrogen (secondary N) is 1. The lowest BCUT2D eigenvalue weighted by molar-refractivity contribution is 0.0992. The van der Waals surface area contributed by atoms with Crippen LogP contribution in [-0.2, 0) is 13.0 Å². The van der Waals surface area contributed by atoms with Gasteiger partial charge in [-0.25, -0.2) is 4.39 Å². The predicted molar refractivity (Wildman–Crippen MR) is 95.8 cm³/mol. The zero-order chi connectivity index (χ0) is 18.5. The van der Waals surface area contributed by atoms with E-state index in [-0.39, 0.29) is 18.2 Å². The minimum absolute atomic E-state index is 0.135. The van der Waals surface area contributed by atoms with Crippen LogP contribution in [0, 0.1) is 11.7 Å². The number of hydrogen-bond donors (Lipinski definition) is 1. The van der Waals surface area contributed by atoms with Gasteiger partial charge in [0.05, 0.1) is 0 Å². The molecule has 6 nitrogen and oxygen atoms in total. The summed E-state index contributed by atoms with van der Waals surface area (Å²) >= 11 is 1.35. The first-order valence-electron chi connectivity index (χ1n) is 8.10. The molecule has 0 atom stereocenters. The summed E-state index contributed by atoms with van der Waals surface area (Å²) in [5.74, 6) is 0.897. The highest BCUT2D eigenvalue weighted by molar-refractivity contribution is 7.15. The third kappa shape index (κ3) is 4.89. The van der Waals surface area contributed by atoms with Crippen molar-refractivity contribution in [3.05, 3.63) is 58.7 Å². The lowest BCUT2D eigenvalue weighted by Gasteiger charge is -2.03. The number of carbonyl (C=O) groups excluding carboxylic acids is 1. The number of aromatic nitrogens is 2. The largest absolute Gasteiger partial charge is 0.486 e. The Labute approximate surface area is 154 Å². The number of halogens is 1. The maximum atomic E-state index is 12.9. The monoisotopic (exact) mass is 375 g/mol. The van der Waals surface area contributed by atoms with E-state index in [9.17, 15) is 9.18 Å². The van der Waals surface area contributed by atoms with Crippen LogP contribution in [0.5, 0.6) is 5.75 Å². The average Bonchev–Trinajstić information content (AvgIpc) is 3.23. The first-order valence-corrected chi connectivity index (χ1v) is 8.92. The van der Waals surface area contributed by atoms with Crippen molar-refractivity contribution in [3.8, 4) is 5.75 Å². The molecule has 0 aliphatic heterocycles. The summed E-state index contributed by atoms with van der Waals surface area (Å²) in [5, 5.41) is 12.0. The second-order valence-corrected chi connectivity index (χ2v) is 7.12. The van der Waals surface area contributed by atoms with Crippen molar-refractivity contribution in [3.63, 3.8) is 0 Å². The van der Waals surface area contributed by atoms with E-state index in [0.29, 0.717) is 22.6 Å². The normalized spacial score (nSPS) is 10.9. The number of carbonyl (C=O) groups is 1. The van der Waals surface area contributed by atoms with Crippen LogP contribution >= 0.6 is 11.3 Å². The minimum atomic E-state index is -0.398. The number of furan rings is 1. The molecule has 136 valence electrons. The molecule has 0 aliphatic rings. The van der Waals surface area contributed by atoms with Crippen molar-refractivity contribution < 1.29 is 18.3 Å². The molecule has 0 saturated heterocycles. The van der Waals surface area contributed by atoms with Gasteiger partial charge in [0, 0.05) is 6.42 Å². The Morgan fingerprint density at radius 2 is 2.00 bits per heavy atom. The second kappa shape index (κ2) is 8.09. The number of amides is 1. The van der Waals surface area contributed by atoms with Crippen molar-refractivity contribution >= 4 is 22.4 Å². The summed E-state index contributed by atoms with van der Waals surface area (Å²) in [4.78, 5) is 12.2. The van der Waals surface area contributed by atoms with E-state index in [0.717, 1.165) is 11.4 Å². The van der Waals surface area contributed by atoms with Gasteiger partial charge in [-0.1, -0.05) is 25.2 Å². The second-order valence-electron chi connectivity index (χ2n) is 6.06. The molecule has 26 heavy (non-hydrogen) atoms. The maximum Gasteiger partial charge on any atom is 0.293 e. The molecule has 3 rings (SSSR count). The minimum Gasteiger partial charge on any atom is -0.486 e. The Morgan fingerprint density at radius 3 is 2.73 bits per heavy atom. The molecule has 0 radical (unpaired) electrons. The summed E-state index contributed by atoms with van der Waals surface area (Å²) in [6.45, 7) is 4.33. The van der Waals surface area contributed by atoms with Gasteiger partial charge in [-0.2, -0.15) is 0 Å². The molecule has 2 heterocycles. The number of benzene rings is 1. The van der Waals surface area contributed by atoms with Crippen LogP contribution in [-0.4, -0.2) is 16.1 Å². The Kier molecular flexibility index (Phi) is 5.62. The topological polar surface area (TPSA) is 77.2 Å². The van der Waals surface area contributed by atoms with Crippen LogP contribution < -0.4 is 10.1 Å². The lowest BCUT2D eigenvalue weighted by Crippen LogP contribution is -2.10. The molecule has 1 aromatic carbocycles. The van der Waals surface area contributed by atoms with E-state index >= 15 is 0 Å². The summed E-state index contributed by atoms with van der Waals surface area (Å²) in [6.07, 6.45) is 0.819. The quantitative estimate of drug-likeness (QED) is 0.666. The van der Waals surface area contributed by atoms with Gasteiger partial charge in [-0.05, 0) is 42.3 Å². The van der Waals surface area contributed by atoms with Crippen LogP contribution in [0.2, 0.25) is 0 Å². The van der Waals surface area contributed by atoms with Gasteiger partial charge >= 0.3 is 0 Å². The van der Waals surface area contributed by atoms with Gasteiger partial charge in [0.1, 0.15) is 28.9 Å². The standard InChI is InChI=1S/C18H18FN3O3S/c1-11(2)9-16-21-22-18(26-16)20-17(23)15-8-7-14(25-15)10-24-13-5-3-12(19)4-6-13/h3-8,11H,9-10H2,1-2H3,(H,20,22,23). The first kappa shape index (κ1) is 18.1. The highest BCUT2D eigenvalue weighted by Gasteiger charge is 2.15. The lowest BCUT2D eigenvalue weighted by atomic mass is 10.1. The fraction of sp³-hybridized carbons (Fsp3) is 0.278. The van der Waals surface area contributed by atoms with E-state index in [4.69, 9.17) is 9.15 Å². The Bertz CT molecular complexity index is 874. The number of nitrogens with zero attached hydrogens (tertiary/aromatic N) is 2. The summed E-state index contributed by atoms with van der Waals surface area (Å²) < 4.78 is 23.8. The fourth-order valence-corrected chi connectivity index (χ4v) is 3.10. The zero-order valence-corrected chi connectivity index (χ0v) is 15.2. The van der Waals surface area contributed by atoms with Crippen LogP contribution in [0.15, 0.2) is 40.8 Å². The molecular formula is C18H18FN3O3S. The molecule has 8 heteroatoms. The van der Waals surface area contributed by atoms with Crippen molar-refractivity contribution in [2.45, 2.75) is 26.9 Å². The van der Waals surface area contributed by atoms with Crippen LogP contribution in [0.3, 0.4) is 0 Å². The molecule has 1 N–H and O–H groups in total. The number of anilines is 1. The summed E-state index contributed by atoms with van der Waals surface area (Å²) in [6, 6.07) is 8.89. The Morgan fingerprint density at radius 1 is 1.23 bits per heavy atom. The highest BCUT2D eigenvalue weighted by Crippen LogP contribution is 2.20. The van der Waals surface area contributed by atoms with E-state index in [1.807, 2.05) is 0 Å². The number of ether oxygens (including phenoxy) is 1. The molecule has 0 spiro atoms. The van der Waals surface area contributed by atoms with Gasteiger partial charge in [0.25, 0.3) is 5.91 Å². The number of hydrogen-bond acceptors (Lipinski definition) is 6. The third-order valence-electron chi connectivity index (χ3n) is 3.35. The smallest absolute Gasteiger partial charge is 0.293 e. The predicted octanol–water partition coefficient (Wildman–Crippen LogP) is 4.30. The van der Waals surface area contributed by atoms with Crippen molar-refractivity contribution in [1.29, 1.82) is 0 Å². The van der Waals surface area contributed by atoms with Crippen molar-refractivity contribution in [2.75, 3.05) is 5.32 Å². The molecule has 3 aromatic rings. The Hall–Kier alpha value is -2.74. The van der Waals surface area contributed by atoms with E-state index in [1.54, 1.807) is 12.1 Å². The molecule has 0 saturated carbocycles. The molecule has 0 unspecified atom stereocenters. The molecule has 1 amide bonds. The van der Waals surface area contributed by atoms with Gasteiger partial charge < -0.3 is 9.15 Å². The molecule has 0 fully saturated rings. The molecule has 2 aromatic heterocycles. The average molecular weight is 375 g/mol. The number of rotatable bonds is 7. The van der Waals surface area contributed by atoms with Crippen molar-refractivity contribution in [2.24, 2.45) is 5.92 Å². The summed E-state index contributed by atoms with van der Waals surface area (Å²) in [7, 11) is 0. The van der Waals surface area contributed by atoms with Crippen LogP contribution in [0.4, 0.5) is 9.52 Å². The van der Waals surface area contributed by atoms with Gasteiger partial charge in [0.15, 0.2) is 5.76 Å². The third-order valence-corrected chi connectivity index (χ3v) is 4.21. The molecule has 0 bridgehead atoms. The van der Waals surface area contributed by atoms with E-state index in [2.05, 4.69) is 29.4 Å². The SMILES string of the molecule is CC(C)Cc1nnc(NC(=O)c2ccc(COc3ccc(F)cc3)o2)s1. The fourth-order valence-electron chi connectivity index (χ4n) is 2.16. The van der Waals surface area contributed by atoms with Crippen LogP contribution in [0.1, 0.15) is 35.2 Å². The first-order chi connectivity index (χ1) is 12.5. The summed E-state index contributed by atoms with van der Waals surface area (Å²) in [5.41, 5.74) is 0. The van der Waals surface area contributed by atoms with Crippen molar-refractivity contribution in [1.82, 2.24) is 10.2 Å². The van der Waals surface area contributed by atoms with Gasteiger partial charge in [-0.3, -0.25) is 10.1 Å². The molecule has 0 aliphatic carbocycles. The maximum absolute atomic E-state index is 12.9. The van der Waals surface area contributed by atoms with Gasteiger partial charge in [0.2, 0.25) is 5.13 Å². The van der Waals surface area contributed by atoms with Crippen LogP contribution in [0.25, 0.3) is 0 Å². The zero-order valence-electron chi connectivity index (χ0n) is 14.4. The Balaban J connectivity index is 1.55. The van der Waals surface area contributed by atoms with E-state index < -0.39 is 5.91 Å².